The molecule has 0 bridgehead atoms. The van der Waals surface area contributed by atoms with Crippen LogP contribution in [0.2, 0.25) is 0 Å². The molecule has 0 aliphatic heterocycles. The Morgan fingerprint density at radius 1 is 1.05 bits per heavy atom. The van der Waals surface area contributed by atoms with Gasteiger partial charge in [-0.25, -0.2) is 9.97 Å². The number of benzene rings is 1. The van der Waals surface area contributed by atoms with Crippen molar-refractivity contribution in [3.05, 3.63) is 54.4 Å². The molecule has 1 N–H and O–H groups in total. The average Bonchev–Trinajstić information content (AvgIpc) is 2.59. The molecule has 112 valence electrons. The van der Waals surface area contributed by atoms with E-state index in [-0.39, 0.29) is 0 Å². The smallest absolute Gasteiger partial charge is 0.190 e. The molecule has 3 rings (SSSR count). The van der Waals surface area contributed by atoms with Gasteiger partial charge in [-0.3, -0.25) is 4.98 Å². The highest BCUT2D eigenvalue weighted by Gasteiger charge is 2.06. The van der Waals surface area contributed by atoms with Crippen molar-refractivity contribution in [2.24, 2.45) is 0 Å². The Balaban J connectivity index is 1.64. The number of hydrogen-bond acceptors (Lipinski definition) is 5. The van der Waals surface area contributed by atoms with Gasteiger partial charge < -0.3 is 5.32 Å². The van der Waals surface area contributed by atoms with E-state index >= 15 is 0 Å². The fraction of sp³-hybridized carbons (Fsp3) is 0.235. The van der Waals surface area contributed by atoms with Crippen LogP contribution in [0.25, 0.3) is 10.9 Å². The van der Waals surface area contributed by atoms with Crippen LogP contribution < -0.4 is 5.32 Å². The molecule has 5 heteroatoms. The van der Waals surface area contributed by atoms with Gasteiger partial charge >= 0.3 is 0 Å². The van der Waals surface area contributed by atoms with Crippen molar-refractivity contribution < 1.29 is 0 Å². The zero-order valence-electron chi connectivity index (χ0n) is 12.5. The topological polar surface area (TPSA) is 50.7 Å². The fourth-order valence-electron chi connectivity index (χ4n) is 2.30. The first-order valence-corrected chi connectivity index (χ1v) is 8.31. The highest BCUT2D eigenvalue weighted by molar-refractivity contribution is 7.99. The molecule has 2 aromatic heterocycles. The van der Waals surface area contributed by atoms with Crippen molar-refractivity contribution in [2.75, 3.05) is 18.1 Å². The molecule has 0 unspecified atom stereocenters. The molecule has 1 aromatic carbocycles. The van der Waals surface area contributed by atoms with Gasteiger partial charge in [-0.1, -0.05) is 23.9 Å². The third-order valence-corrected chi connectivity index (χ3v) is 4.34. The number of aromatic nitrogens is 3. The number of aryl methyl sites for hydroxylation is 1. The van der Waals surface area contributed by atoms with Crippen molar-refractivity contribution in [1.29, 1.82) is 0 Å². The Kier molecular flexibility index (Phi) is 4.85. The molecule has 3 aromatic rings. The Morgan fingerprint density at radius 2 is 1.86 bits per heavy atom. The summed E-state index contributed by atoms with van der Waals surface area (Å²) in [6.45, 7) is 0. The van der Waals surface area contributed by atoms with E-state index in [0.29, 0.717) is 0 Å². The number of hydrogen-bond donors (Lipinski definition) is 1. The summed E-state index contributed by atoms with van der Waals surface area (Å²) in [4.78, 5) is 13.3. The van der Waals surface area contributed by atoms with E-state index in [1.165, 1.54) is 5.56 Å². The lowest BCUT2D eigenvalue weighted by Crippen LogP contribution is -1.98. The quantitative estimate of drug-likeness (QED) is 0.426. The summed E-state index contributed by atoms with van der Waals surface area (Å²) < 4.78 is 0. The third-order valence-electron chi connectivity index (χ3n) is 3.41. The van der Waals surface area contributed by atoms with Crippen LogP contribution >= 0.6 is 11.8 Å². The van der Waals surface area contributed by atoms with Crippen LogP contribution in [0.15, 0.2) is 53.9 Å². The molecule has 0 spiro atoms. The molecule has 0 saturated carbocycles. The number of nitrogens with one attached hydrogen (secondary N) is 1. The summed E-state index contributed by atoms with van der Waals surface area (Å²) in [5, 5.41) is 5.05. The van der Waals surface area contributed by atoms with Crippen LogP contribution in [0.4, 0.5) is 5.82 Å². The number of thioether (sulfide) groups is 1. The second-order valence-corrected chi connectivity index (χ2v) is 5.99. The van der Waals surface area contributed by atoms with Gasteiger partial charge in [0.05, 0.1) is 5.52 Å². The summed E-state index contributed by atoms with van der Waals surface area (Å²) in [5.74, 6) is 1.89. The SMILES string of the molecule is CNc1nc(SCCCc2ccncc2)nc2ccccc12. The fourth-order valence-corrected chi connectivity index (χ4v) is 3.09. The van der Waals surface area contributed by atoms with Crippen LogP contribution in [-0.4, -0.2) is 27.8 Å². The maximum absolute atomic E-state index is 4.63. The summed E-state index contributed by atoms with van der Waals surface area (Å²) in [5.41, 5.74) is 2.31. The Hall–Kier alpha value is -2.14. The summed E-state index contributed by atoms with van der Waals surface area (Å²) >= 11 is 1.71. The minimum absolute atomic E-state index is 0.831. The average molecular weight is 310 g/mol. The molecule has 0 amide bonds. The van der Waals surface area contributed by atoms with Crippen LogP contribution in [-0.2, 0) is 6.42 Å². The second-order valence-electron chi connectivity index (χ2n) is 4.93. The lowest BCUT2D eigenvalue weighted by molar-refractivity contribution is 0.920. The van der Waals surface area contributed by atoms with Gasteiger partial charge in [-0.15, -0.1) is 0 Å². The van der Waals surface area contributed by atoms with Gasteiger partial charge in [-0.2, -0.15) is 0 Å². The minimum Gasteiger partial charge on any atom is -0.372 e. The van der Waals surface area contributed by atoms with Crippen LogP contribution in [0.3, 0.4) is 0 Å². The predicted molar refractivity (Wildman–Crippen MR) is 92.4 cm³/mol. The molecule has 0 fully saturated rings. The van der Waals surface area contributed by atoms with Crippen molar-refractivity contribution in [1.82, 2.24) is 15.0 Å². The van der Waals surface area contributed by atoms with Gasteiger partial charge in [0.1, 0.15) is 5.82 Å². The van der Waals surface area contributed by atoms with Crippen LogP contribution in [0.1, 0.15) is 12.0 Å². The van der Waals surface area contributed by atoms with E-state index in [1.807, 2.05) is 43.7 Å². The van der Waals surface area contributed by atoms with Gasteiger partial charge in [-0.05, 0) is 42.7 Å². The number of nitrogens with zero attached hydrogens (tertiary/aromatic N) is 3. The zero-order chi connectivity index (χ0) is 15.2. The molecule has 22 heavy (non-hydrogen) atoms. The normalized spacial score (nSPS) is 10.8. The van der Waals surface area contributed by atoms with E-state index in [1.54, 1.807) is 11.8 Å². The predicted octanol–water partition coefficient (Wildman–Crippen LogP) is 3.79. The highest BCUT2D eigenvalue weighted by Crippen LogP contribution is 2.24. The monoisotopic (exact) mass is 310 g/mol. The van der Waals surface area contributed by atoms with Crippen LogP contribution in [0.5, 0.6) is 0 Å². The number of fused-ring (bicyclic) bond motifs is 1. The molecule has 4 nitrogen and oxygen atoms in total. The summed E-state index contributed by atoms with van der Waals surface area (Å²) in [6.07, 6.45) is 5.84. The van der Waals surface area contributed by atoms with E-state index in [0.717, 1.165) is 40.5 Å². The standard InChI is InChI=1S/C17H18N4S/c1-18-16-14-6-2-3-7-15(14)20-17(21-16)22-12-4-5-13-8-10-19-11-9-13/h2-3,6-11H,4-5,12H2,1H3,(H,18,20,21). The van der Waals surface area contributed by atoms with Gasteiger partial charge in [0, 0.05) is 30.6 Å². The molecule has 2 heterocycles. The van der Waals surface area contributed by atoms with E-state index in [9.17, 15) is 0 Å². The van der Waals surface area contributed by atoms with Crippen molar-refractivity contribution in [3.63, 3.8) is 0 Å². The van der Waals surface area contributed by atoms with Gasteiger partial charge in [0.2, 0.25) is 0 Å². The van der Waals surface area contributed by atoms with Gasteiger partial charge in [0.15, 0.2) is 5.16 Å². The van der Waals surface area contributed by atoms with Crippen molar-refractivity contribution in [2.45, 2.75) is 18.0 Å². The van der Waals surface area contributed by atoms with E-state index < -0.39 is 0 Å². The first kappa shape index (κ1) is 14.8. The molecule has 0 aliphatic rings. The van der Waals surface area contributed by atoms with Crippen molar-refractivity contribution >= 4 is 28.5 Å². The highest BCUT2D eigenvalue weighted by atomic mass is 32.2. The number of pyridine rings is 1. The van der Waals surface area contributed by atoms with Gasteiger partial charge in [0.25, 0.3) is 0 Å². The van der Waals surface area contributed by atoms with E-state index in [2.05, 4.69) is 32.4 Å². The first-order chi connectivity index (χ1) is 10.9. The zero-order valence-corrected chi connectivity index (χ0v) is 13.3. The first-order valence-electron chi connectivity index (χ1n) is 7.33. The largest absolute Gasteiger partial charge is 0.372 e. The second kappa shape index (κ2) is 7.22. The maximum atomic E-state index is 4.63. The number of rotatable bonds is 6. The lowest BCUT2D eigenvalue weighted by atomic mass is 10.2. The molecule has 0 saturated heterocycles. The summed E-state index contributed by atoms with van der Waals surface area (Å²) in [7, 11) is 1.90. The third kappa shape index (κ3) is 3.54. The van der Waals surface area contributed by atoms with E-state index in [4.69, 9.17) is 0 Å². The van der Waals surface area contributed by atoms with Crippen molar-refractivity contribution in [3.8, 4) is 0 Å². The molecule has 0 radical (unpaired) electrons. The Labute approximate surface area is 134 Å². The van der Waals surface area contributed by atoms with Crippen LogP contribution in [0, 0.1) is 0 Å². The number of para-hydroxylation sites is 1. The Bertz CT molecular complexity index is 746. The Morgan fingerprint density at radius 3 is 2.68 bits per heavy atom. The molecule has 0 aliphatic carbocycles. The molecular weight excluding hydrogens is 292 g/mol. The maximum Gasteiger partial charge on any atom is 0.190 e. The minimum atomic E-state index is 0.831. The molecule has 0 atom stereocenters. The number of anilines is 1. The molecular formula is C17H18N4S. The lowest BCUT2D eigenvalue weighted by Gasteiger charge is -2.07. The summed E-state index contributed by atoms with van der Waals surface area (Å²) in [6, 6.07) is 12.2.